The molecule has 0 saturated heterocycles. The van der Waals surface area contributed by atoms with Gasteiger partial charge in [-0.1, -0.05) is 0 Å². The van der Waals surface area contributed by atoms with Crippen molar-refractivity contribution in [1.82, 2.24) is 4.98 Å². The molecular formula is C14H16N2O4S. The van der Waals surface area contributed by atoms with E-state index in [-0.39, 0.29) is 12.5 Å². The molecule has 2 heterocycles. The predicted molar refractivity (Wildman–Crippen MR) is 80.7 cm³/mol. The molecule has 112 valence electrons. The molecule has 6 nitrogen and oxygen atoms in total. The fourth-order valence-corrected chi connectivity index (χ4v) is 2.91. The van der Waals surface area contributed by atoms with Crippen molar-refractivity contribution in [3.05, 3.63) is 24.4 Å². The van der Waals surface area contributed by atoms with E-state index in [4.69, 9.17) is 9.47 Å². The second kappa shape index (κ2) is 5.40. The van der Waals surface area contributed by atoms with Crippen LogP contribution in [0.4, 0.5) is 5.82 Å². The quantitative estimate of drug-likeness (QED) is 0.849. The first kappa shape index (κ1) is 13.9. The topological polar surface area (TPSA) is 77.5 Å². The van der Waals surface area contributed by atoms with Crippen molar-refractivity contribution in [3.8, 4) is 11.5 Å². The summed E-state index contributed by atoms with van der Waals surface area (Å²) in [6.07, 6.45) is 3.49. The second-order valence-electron chi connectivity index (χ2n) is 5.00. The first-order valence-corrected chi connectivity index (χ1v) is 8.69. The molecule has 3 rings (SSSR count). The van der Waals surface area contributed by atoms with E-state index in [1.807, 2.05) is 18.2 Å². The Balaban J connectivity index is 1.79. The van der Waals surface area contributed by atoms with Gasteiger partial charge in [-0.2, -0.15) is 0 Å². The zero-order valence-corrected chi connectivity index (χ0v) is 12.4. The summed E-state index contributed by atoms with van der Waals surface area (Å²) in [6.45, 7) is 0.782. The van der Waals surface area contributed by atoms with E-state index in [0.717, 1.165) is 22.3 Å². The maximum Gasteiger partial charge on any atom is 0.231 e. The number of ether oxygens (including phenoxy) is 2. The van der Waals surface area contributed by atoms with Crippen molar-refractivity contribution in [3.63, 3.8) is 0 Å². The Morgan fingerprint density at radius 3 is 2.81 bits per heavy atom. The third-order valence-electron chi connectivity index (χ3n) is 3.24. The van der Waals surface area contributed by atoms with Crippen molar-refractivity contribution in [2.75, 3.05) is 30.7 Å². The highest BCUT2D eigenvalue weighted by Crippen LogP contribution is 2.37. The van der Waals surface area contributed by atoms with Crippen LogP contribution in [0.3, 0.4) is 0 Å². The number of benzene rings is 1. The van der Waals surface area contributed by atoms with E-state index in [2.05, 4.69) is 10.3 Å². The molecule has 7 heteroatoms. The van der Waals surface area contributed by atoms with E-state index in [1.54, 1.807) is 6.20 Å². The van der Waals surface area contributed by atoms with Crippen molar-refractivity contribution in [1.29, 1.82) is 0 Å². The lowest BCUT2D eigenvalue weighted by atomic mass is 10.1. The lowest BCUT2D eigenvalue weighted by Crippen LogP contribution is -2.10. The zero-order chi connectivity index (χ0) is 14.9. The molecule has 0 atom stereocenters. The number of anilines is 1. The monoisotopic (exact) mass is 308 g/mol. The highest BCUT2D eigenvalue weighted by molar-refractivity contribution is 7.90. The summed E-state index contributed by atoms with van der Waals surface area (Å²) in [5.41, 5.74) is 0. The molecule has 0 bridgehead atoms. The lowest BCUT2D eigenvalue weighted by Gasteiger charge is -2.09. The average Bonchev–Trinajstić information content (AvgIpc) is 2.87. The Hall–Kier alpha value is -2.02. The van der Waals surface area contributed by atoms with Crippen LogP contribution in [-0.2, 0) is 9.84 Å². The molecule has 0 saturated carbocycles. The third-order valence-corrected chi connectivity index (χ3v) is 4.27. The van der Waals surface area contributed by atoms with Crippen molar-refractivity contribution < 1.29 is 17.9 Å². The minimum absolute atomic E-state index is 0.164. The predicted octanol–water partition coefficient (Wildman–Crippen LogP) is 1.81. The van der Waals surface area contributed by atoms with Gasteiger partial charge in [-0.05, 0) is 30.0 Å². The van der Waals surface area contributed by atoms with Gasteiger partial charge in [-0.25, -0.2) is 13.4 Å². The number of pyridine rings is 1. The second-order valence-corrected chi connectivity index (χ2v) is 7.26. The van der Waals surface area contributed by atoms with Crippen LogP contribution in [0.15, 0.2) is 24.4 Å². The molecular weight excluding hydrogens is 292 g/mol. The van der Waals surface area contributed by atoms with E-state index in [9.17, 15) is 8.42 Å². The Morgan fingerprint density at radius 1 is 1.29 bits per heavy atom. The van der Waals surface area contributed by atoms with E-state index in [0.29, 0.717) is 18.7 Å². The molecule has 1 N–H and O–H groups in total. The maximum absolute atomic E-state index is 11.1. The van der Waals surface area contributed by atoms with E-state index >= 15 is 0 Å². The van der Waals surface area contributed by atoms with Gasteiger partial charge in [0.1, 0.15) is 15.7 Å². The van der Waals surface area contributed by atoms with Crippen LogP contribution in [0.25, 0.3) is 10.8 Å². The van der Waals surface area contributed by atoms with Crippen molar-refractivity contribution in [2.45, 2.75) is 6.42 Å². The Bertz CT molecular complexity index is 774. The molecule has 0 amide bonds. The molecule has 0 aliphatic carbocycles. The van der Waals surface area contributed by atoms with Gasteiger partial charge in [0.25, 0.3) is 0 Å². The number of nitrogens with one attached hydrogen (secondary N) is 1. The number of sulfone groups is 1. The first-order chi connectivity index (χ1) is 10.0. The molecule has 0 radical (unpaired) electrons. The summed E-state index contributed by atoms with van der Waals surface area (Å²) in [5, 5.41) is 5.11. The Kier molecular flexibility index (Phi) is 3.59. The maximum atomic E-state index is 11.1. The SMILES string of the molecule is CS(=O)(=O)CCCNc1nccc2cc3c(cc12)OCO3. The van der Waals surface area contributed by atoms with Crippen LogP contribution in [0.1, 0.15) is 6.42 Å². The van der Waals surface area contributed by atoms with Crippen LogP contribution in [0.2, 0.25) is 0 Å². The fraction of sp³-hybridized carbons (Fsp3) is 0.357. The summed E-state index contributed by atoms with van der Waals surface area (Å²) in [7, 11) is -2.93. The third kappa shape index (κ3) is 3.18. The number of fused-ring (bicyclic) bond motifs is 2. The smallest absolute Gasteiger partial charge is 0.231 e. The van der Waals surface area contributed by atoms with Gasteiger partial charge in [0.2, 0.25) is 6.79 Å². The number of aromatic nitrogens is 1. The van der Waals surface area contributed by atoms with Crippen molar-refractivity contribution in [2.24, 2.45) is 0 Å². The minimum Gasteiger partial charge on any atom is -0.454 e. The standard InChI is InChI=1S/C14H16N2O4S/c1-21(17,18)6-2-4-15-14-11-8-13-12(19-9-20-13)7-10(11)3-5-16-14/h3,5,7-8H,2,4,6,9H2,1H3,(H,15,16). The molecule has 0 fully saturated rings. The summed E-state index contributed by atoms with van der Waals surface area (Å²) in [4.78, 5) is 4.31. The van der Waals surface area contributed by atoms with E-state index in [1.165, 1.54) is 6.26 Å². The number of hydrogen-bond donors (Lipinski definition) is 1. The molecule has 2 aromatic rings. The van der Waals surface area contributed by atoms with Gasteiger partial charge in [0.05, 0.1) is 5.75 Å². The van der Waals surface area contributed by atoms with Crippen LogP contribution in [0, 0.1) is 0 Å². The van der Waals surface area contributed by atoms with Gasteiger partial charge in [0.15, 0.2) is 11.5 Å². The zero-order valence-electron chi connectivity index (χ0n) is 11.6. The molecule has 1 aromatic carbocycles. The van der Waals surface area contributed by atoms with Crippen LogP contribution in [0.5, 0.6) is 11.5 Å². The van der Waals surface area contributed by atoms with E-state index < -0.39 is 9.84 Å². The molecule has 0 unspecified atom stereocenters. The van der Waals surface area contributed by atoms with Crippen LogP contribution >= 0.6 is 0 Å². The Labute approximate surface area is 123 Å². The van der Waals surface area contributed by atoms with Gasteiger partial charge in [-0.3, -0.25) is 0 Å². The van der Waals surface area contributed by atoms with Crippen molar-refractivity contribution >= 4 is 26.4 Å². The van der Waals surface area contributed by atoms with Gasteiger partial charge >= 0.3 is 0 Å². The summed E-state index contributed by atoms with van der Waals surface area (Å²) in [6, 6.07) is 5.71. The van der Waals surface area contributed by atoms with Gasteiger partial charge in [-0.15, -0.1) is 0 Å². The highest BCUT2D eigenvalue weighted by Gasteiger charge is 2.15. The van der Waals surface area contributed by atoms with Gasteiger partial charge in [0, 0.05) is 24.4 Å². The molecule has 21 heavy (non-hydrogen) atoms. The molecule has 1 aromatic heterocycles. The highest BCUT2D eigenvalue weighted by atomic mass is 32.2. The average molecular weight is 308 g/mol. The molecule has 1 aliphatic rings. The molecule has 0 spiro atoms. The number of rotatable bonds is 5. The largest absolute Gasteiger partial charge is 0.454 e. The summed E-state index contributed by atoms with van der Waals surface area (Å²) in [5.74, 6) is 2.32. The normalized spacial score (nSPS) is 13.6. The minimum atomic E-state index is -2.93. The Morgan fingerprint density at radius 2 is 2.05 bits per heavy atom. The number of hydrogen-bond acceptors (Lipinski definition) is 6. The van der Waals surface area contributed by atoms with Crippen LogP contribution in [-0.4, -0.2) is 38.7 Å². The summed E-state index contributed by atoms with van der Waals surface area (Å²) < 4.78 is 32.9. The fourth-order valence-electron chi connectivity index (χ4n) is 2.24. The first-order valence-electron chi connectivity index (χ1n) is 6.63. The number of nitrogens with zero attached hydrogens (tertiary/aromatic N) is 1. The van der Waals surface area contributed by atoms with Crippen LogP contribution < -0.4 is 14.8 Å². The summed E-state index contributed by atoms with van der Waals surface area (Å²) >= 11 is 0. The van der Waals surface area contributed by atoms with Gasteiger partial charge < -0.3 is 14.8 Å². The molecule has 1 aliphatic heterocycles. The lowest BCUT2D eigenvalue weighted by molar-refractivity contribution is 0.174.